The maximum absolute atomic E-state index is 9.85. The van der Waals surface area contributed by atoms with Gasteiger partial charge in [-0.1, -0.05) is 24.3 Å². The summed E-state index contributed by atoms with van der Waals surface area (Å²) in [5.41, 5.74) is 1.63. The Kier molecular flexibility index (Phi) is 2.10. The molecular formula is C11H14O2. The number of aliphatic hydroxyl groups is 1. The summed E-state index contributed by atoms with van der Waals surface area (Å²) in [6, 6.07) is 7.99. The maximum Gasteiger partial charge on any atom is 0.0899 e. The van der Waals surface area contributed by atoms with Gasteiger partial charge in [0.1, 0.15) is 0 Å². The van der Waals surface area contributed by atoms with Crippen LogP contribution < -0.4 is 0 Å². The molecule has 0 heterocycles. The highest BCUT2D eigenvalue weighted by Crippen LogP contribution is 2.45. The highest BCUT2D eigenvalue weighted by Gasteiger charge is 2.41. The lowest BCUT2D eigenvalue weighted by Gasteiger charge is -2.09. The third-order valence-electron chi connectivity index (χ3n) is 2.50. The molecule has 0 saturated heterocycles. The SMILES string of the molecule is COCc1cccc(C2(O)CC2)c1. The molecule has 70 valence electrons. The standard InChI is InChI=1S/C11H14O2/c1-13-8-9-3-2-4-10(7-9)11(12)5-6-11/h2-4,7,12H,5-6,8H2,1H3. The largest absolute Gasteiger partial charge is 0.385 e. The molecule has 1 aromatic rings. The molecule has 0 atom stereocenters. The van der Waals surface area contributed by atoms with E-state index in [0.717, 1.165) is 24.0 Å². The van der Waals surface area contributed by atoms with Gasteiger partial charge in [-0.05, 0) is 24.0 Å². The predicted molar refractivity (Wildman–Crippen MR) is 50.3 cm³/mol. The summed E-state index contributed by atoms with van der Waals surface area (Å²) < 4.78 is 5.03. The second-order valence-electron chi connectivity index (χ2n) is 3.66. The molecule has 0 bridgehead atoms. The first kappa shape index (κ1) is 8.73. The summed E-state index contributed by atoms with van der Waals surface area (Å²) in [6.07, 6.45) is 1.78. The van der Waals surface area contributed by atoms with Crippen LogP contribution >= 0.6 is 0 Å². The molecule has 0 spiro atoms. The lowest BCUT2D eigenvalue weighted by Crippen LogP contribution is -2.04. The Bertz CT molecular complexity index is 303. The van der Waals surface area contributed by atoms with Gasteiger partial charge >= 0.3 is 0 Å². The summed E-state index contributed by atoms with van der Waals surface area (Å²) in [5.74, 6) is 0. The van der Waals surface area contributed by atoms with Crippen molar-refractivity contribution in [2.24, 2.45) is 0 Å². The minimum Gasteiger partial charge on any atom is -0.385 e. The Hall–Kier alpha value is -0.860. The van der Waals surface area contributed by atoms with Gasteiger partial charge in [-0.3, -0.25) is 0 Å². The number of hydrogen-bond acceptors (Lipinski definition) is 2. The van der Waals surface area contributed by atoms with Crippen molar-refractivity contribution in [1.82, 2.24) is 0 Å². The first-order valence-corrected chi connectivity index (χ1v) is 4.55. The summed E-state index contributed by atoms with van der Waals surface area (Å²) in [7, 11) is 1.68. The molecule has 1 aliphatic carbocycles. The van der Waals surface area contributed by atoms with E-state index in [-0.39, 0.29) is 0 Å². The van der Waals surface area contributed by atoms with E-state index in [0.29, 0.717) is 6.61 Å². The van der Waals surface area contributed by atoms with Crippen LogP contribution in [0.2, 0.25) is 0 Å². The van der Waals surface area contributed by atoms with Crippen LogP contribution in [0.5, 0.6) is 0 Å². The number of benzene rings is 1. The first-order valence-electron chi connectivity index (χ1n) is 4.55. The van der Waals surface area contributed by atoms with Crippen LogP contribution in [0.25, 0.3) is 0 Å². The van der Waals surface area contributed by atoms with Crippen molar-refractivity contribution in [1.29, 1.82) is 0 Å². The van der Waals surface area contributed by atoms with Gasteiger partial charge in [-0.2, -0.15) is 0 Å². The molecule has 0 amide bonds. The fourth-order valence-electron chi connectivity index (χ4n) is 1.52. The molecule has 0 radical (unpaired) electrons. The van der Waals surface area contributed by atoms with E-state index < -0.39 is 5.60 Å². The monoisotopic (exact) mass is 178 g/mol. The Morgan fingerprint density at radius 1 is 1.46 bits per heavy atom. The third-order valence-corrected chi connectivity index (χ3v) is 2.50. The van der Waals surface area contributed by atoms with Crippen molar-refractivity contribution in [3.63, 3.8) is 0 Å². The first-order chi connectivity index (χ1) is 6.24. The minimum atomic E-state index is -0.524. The van der Waals surface area contributed by atoms with Gasteiger partial charge in [0.25, 0.3) is 0 Å². The van der Waals surface area contributed by atoms with E-state index in [9.17, 15) is 5.11 Å². The topological polar surface area (TPSA) is 29.5 Å². The molecule has 1 aromatic carbocycles. The summed E-state index contributed by atoms with van der Waals surface area (Å²) in [6.45, 7) is 0.615. The lowest BCUT2D eigenvalue weighted by molar-refractivity contribution is 0.150. The van der Waals surface area contributed by atoms with Gasteiger partial charge in [-0.15, -0.1) is 0 Å². The van der Waals surface area contributed by atoms with Crippen molar-refractivity contribution in [3.05, 3.63) is 35.4 Å². The third kappa shape index (κ3) is 1.74. The molecule has 2 heteroatoms. The Morgan fingerprint density at radius 2 is 2.23 bits per heavy atom. The average molecular weight is 178 g/mol. The van der Waals surface area contributed by atoms with Crippen molar-refractivity contribution >= 4 is 0 Å². The zero-order valence-corrected chi connectivity index (χ0v) is 7.79. The fourth-order valence-corrected chi connectivity index (χ4v) is 1.52. The number of rotatable bonds is 3. The van der Waals surface area contributed by atoms with Crippen molar-refractivity contribution in [2.45, 2.75) is 25.0 Å². The Labute approximate surface area is 78.2 Å². The van der Waals surface area contributed by atoms with Gasteiger partial charge in [0.15, 0.2) is 0 Å². The van der Waals surface area contributed by atoms with Crippen LogP contribution in [-0.2, 0) is 16.9 Å². The van der Waals surface area contributed by atoms with Crippen molar-refractivity contribution in [3.8, 4) is 0 Å². The van der Waals surface area contributed by atoms with Crippen molar-refractivity contribution < 1.29 is 9.84 Å². The van der Waals surface area contributed by atoms with E-state index in [1.165, 1.54) is 0 Å². The molecule has 1 N–H and O–H groups in total. The lowest BCUT2D eigenvalue weighted by atomic mass is 10.1. The summed E-state index contributed by atoms with van der Waals surface area (Å²) >= 11 is 0. The van der Waals surface area contributed by atoms with E-state index in [4.69, 9.17) is 4.74 Å². The average Bonchev–Trinajstić information content (AvgIpc) is 2.86. The van der Waals surface area contributed by atoms with Gasteiger partial charge in [0.2, 0.25) is 0 Å². The van der Waals surface area contributed by atoms with E-state index in [2.05, 4.69) is 0 Å². The molecule has 0 unspecified atom stereocenters. The van der Waals surface area contributed by atoms with Crippen LogP contribution in [0, 0.1) is 0 Å². The van der Waals surface area contributed by atoms with Crippen molar-refractivity contribution in [2.75, 3.05) is 7.11 Å². The maximum atomic E-state index is 9.85. The molecule has 1 fully saturated rings. The van der Waals surface area contributed by atoms with Crippen LogP contribution in [0.1, 0.15) is 24.0 Å². The molecule has 2 nitrogen and oxygen atoms in total. The van der Waals surface area contributed by atoms with E-state index in [1.807, 2.05) is 24.3 Å². The molecule has 1 saturated carbocycles. The van der Waals surface area contributed by atoms with Crippen LogP contribution in [0.3, 0.4) is 0 Å². The smallest absolute Gasteiger partial charge is 0.0899 e. The highest BCUT2D eigenvalue weighted by atomic mass is 16.5. The zero-order valence-electron chi connectivity index (χ0n) is 7.79. The number of methoxy groups -OCH3 is 1. The van der Waals surface area contributed by atoms with E-state index in [1.54, 1.807) is 7.11 Å². The molecule has 0 aliphatic heterocycles. The minimum absolute atomic E-state index is 0.524. The van der Waals surface area contributed by atoms with Crippen LogP contribution in [-0.4, -0.2) is 12.2 Å². The van der Waals surface area contributed by atoms with Crippen LogP contribution in [0.4, 0.5) is 0 Å². The fraction of sp³-hybridized carbons (Fsp3) is 0.455. The van der Waals surface area contributed by atoms with Gasteiger partial charge in [0, 0.05) is 7.11 Å². The molecule has 1 aliphatic rings. The molecule has 2 rings (SSSR count). The quantitative estimate of drug-likeness (QED) is 0.765. The number of hydrogen-bond donors (Lipinski definition) is 1. The number of ether oxygens (including phenoxy) is 1. The van der Waals surface area contributed by atoms with Crippen LogP contribution in [0.15, 0.2) is 24.3 Å². The predicted octanol–water partition coefficient (Wildman–Crippen LogP) is 1.81. The van der Waals surface area contributed by atoms with Gasteiger partial charge in [-0.25, -0.2) is 0 Å². The molecular weight excluding hydrogens is 164 g/mol. The van der Waals surface area contributed by atoms with Gasteiger partial charge in [0.05, 0.1) is 12.2 Å². The second-order valence-corrected chi connectivity index (χ2v) is 3.66. The molecule has 13 heavy (non-hydrogen) atoms. The van der Waals surface area contributed by atoms with E-state index >= 15 is 0 Å². The second kappa shape index (κ2) is 3.13. The summed E-state index contributed by atoms with van der Waals surface area (Å²) in [4.78, 5) is 0. The highest BCUT2D eigenvalue weighted by molar-refractivity contribution is 5.31. The normalized spacial score (nSPS) is 18.6. The summed E-state index contributed by atoms with van der Waals surface area (Å²) in [5, 5.41) is 9.85. The molecule has 0 aromatic heterocycles. The Morgan fingerprint density at radius 3 is 2.85 bits per heavy atom. The Balaban J connectivity index is 2.22. The van der Waals surface area contributed by atoms with Gasteiger partial charge < -0.3 is 9.84 Å². The zero-order chi connectivity index (χ0) is 9.31.